The topological polar surface area (TPSA) is 74.3 Å². The van der Waals surface area contributed by atoms with Gasteiger partial charge in [-0.3, -0.25) is 14.5 Å². The van der Waals surface area contributed by atoms with E-state index in [0.29, 0.717) is 17.0 Å². The van der Waals surface area contributed by atoms with Crippen molar-refractivity contribution in [3.05, 3.63) is 35.3 Å². The van der Waals surface area contributed by atoms with E-state index in [-0.39, 0.29) is 18.2 Å². The molecule has 4 rings (SSSR count). The zero-order valence-electron chi connectivity index (χ0n) is 16.7. The lowest BCUT2D eigenvalue weighted by molar-refractivity contribution is -0.120. The van der Waals surface area contributed by atoms with Gasteiger partial charge in [0, 0.05) is 36.3 Å². The van der Waals surface area contributed by atoms with Crippen molar-refractivity contribution in [3.63, 3.8) is 0 Å². The molecule has 1 aromatic carbocycles. The smallest absolute Gasteiger partial charge is 0.238 e. The van der Waals surface area contributed by atoms with E-state index in [9.17, 15) is 9.59 Å². The Balaban J connectivity index is 1.31. The third-order valence-corrected chi connectivity index (χ3v) is 7.29. The second kappa shape index (κ2) is 8.85. The number of thioether (sulfide) groups is 1. The number of piperidine rings is 1. The first-order valence-corrected chi connectivity index (χ1v) is 11.8. The Morgan fingerprint density at radius 1 is 1.28 bits per heavy atom. The minimum Gasteiger partial charge on any atom is -0.324 e. The summed E-state index contributed by atoms with van der Waals surface area (Å²) in [7, 11) is 0. The number of rotatable bonds is 5. The number of likely N-dealkylation sites (tertiary alicyclic amines) is 1. The molecule has 2 aliphatic rings. The van der Waals surface area contributed by atoms with Crippen molar-refractivity contribution in [1.82, 2.24) is 9.88 Å². The van der Waals surface area contributed by atoms with Crippen LogP contribution in [0.3, 0.4) is 0 Å². The van der Waals surface area contributed by atoms with Crippen LogP contribution in [-0.4, -0.2) is 40.0 Å². The van der Waals surface area contributed by atoms with E-state index in [1.807, 2.05) is 29.6 Å². The van der Waals surface area contributed by atoms with E-state index in [2.05, 4.69) is 34.4 Å². The van der Waals surface area contributed by atoms with Gasteiger partial charge in [0.05, 0.1) is 16.6 Å². The van der Waals surface area contributed by atoms with Crippen LogP contribution in [0.5, 0.6) is 0 Å². The van der Waals surface area contributed by atoms with Gasteiger partial charge in [-0.1, -0.05) is 26.0 Å². The second-order valence-electron chi connectivity index (χ2n) is 8.13. The SMILES string of the molecule is C[C@@H]1C[C@@H](C)CN(Cc2csc(NC(=O)C[C@H]3Sc4ccccc4NC3=O)n2)C1. The Bertz CT molecular complexity index is 890. The number of benzene rings is 1. The molecular formula is C21H26N4O2S2. The number of nitrogens with one attached hydrogen (secondary N) is 2. The standard InChI is InChI=1S/C21H26N4O2S2/c1-13-7-14(2)10-25(9-13)11-15-12-28-21(22-15)24-19(26)8-18-20(27)23-16-5-3-4-6-17(16)29-18/h3-6,12-14,18H,7-11H2,1-2H3,(H,23,27)(H,22,24,26)/t13-,14-,18-/m1/s1. The number of hydrogen-bond acceptors (Lipinski definition) is 6. The van der Waals surface area contributed by atoms with Gasteiger partial charge in [-0.2, -0.15) is 0 Å². The van der Waals surface area contributed by atoms with Crippen LogP contribution in [0.1, 0.15) is 32.4 Å². The highest BCUT2D eigenvalue weighted by molar-refractivity contribution is 8.01. The number of hydrogen-bond donors (Lipinski definition) is 2. The molecule has 154 valence electrons. The van der Waals surface area contributed by atoms with Crippen molar-refractivity contribution in [1.29, 1.82) is 0 Å². The summed E-state index contributed by atoms with van der Waals surface area (Å²) in [6, 6.07) is 7.65. The average molecular weight is 431 g/mol. The molecule has 29 heavy (non-hydrogen) atoms. The van der Waals surface area contributed by atoms with Gasteiger partial charge in [0.25, 0.3) is 0 Å². The van der Waals surface area contributed by atoms with E-state index < -0.39 is 5.25 Å². The minimum atomic E-state index is -0.430. The monoisotopic (exact) mass is 430 g/mol. The van der Waals surface area contributed by atoms with Crippen LogP contribution in [-0.2, 0) is 16.1 Å². The Labute approximate surface area is 179 Å². The van der Waals surface area contributed by atoms with Crippen molar-refractivity contribution < 1.29 is 9.59 Å². The molecule has 1 saturated heterocycles. The summed E-state index contributed by atoms with van der Waals surface area (Å²) in [6.07, 6.45) is 1.41. The lowest BCUT2D eigenvalue weighted by atomic mass is 9.92. The summed E-state index contributed by atoms with van der Waals surface area (Å²) in [4.78, 5) is 32.8. The highest BCUT2D eigenvalue weighted by atomic mass is 32.2. The zero-order chi connectivity index (χ0) is 20.4. The van der Waals surface area contributed by atoms with Crippen molar-refractivity contribution in [2.24, 2.45) is 11.8 Å². The van der Waals surface area contributed by atoms with Crippen LogP contribution in [0.2, 0.25) is 0 Å². The van der Waals surface area contributed by atoms with Gasteiger partial charge in [0.15, 0.2) is 5.13 Å². The molecule has 0 bridgehead atoms. The first-order valence-electron chi connectivity index (χ1n) is 9.99. The lowest BCUT2D eigenvalue weighted by Crippen LogP contribution is -2.38. The molecule has 1 aromatic heterocycles. The van der Waals surface area contributed by atoms with Gasteiger partial charge in [0.1, 0.15) is 0 Å². The van der Waals surface area contributed by atoms with Gasteiger partial charge >= 0.3 is 0 Å². The molecule has 6 nitrogen and oxygen atoms in total. The van der Waals surface area contributed by atoms with E-state index in [1.165, 1.54) is 29.5 Å². The molecule has 0 aliphatic carbocycles. The summed E-state index contributed by atoms with van der Waals surface area (Å²) in [6.45, 7) is 7.61. The largest absolute Gasteiger partial charge is 0.324 e. The number of para-hydroxylation sites is 1. The number of fused-ring (bicyclic) bond motifs is 1. The summed E-state index contributed by atoms with van der Waals surface area (Å²) >= 11 is 2.88. The summed E-state index contributed by atoms with van der Waals surface area (Å²) in [5.41, 5.74) is 1.80. The molecule has 2 aromatic rings. The summed E-state index contributed by atoms with van der Waals surface area (Å²) < 4.78 is 0. The van der Waals surface area contributed by atoms with E-state index in [1.54, 1.807) is 0 Å². The fourth-order valence-electron chi connectivity index (χ4n) is 4.15. The van der Waals surface area contributed by atoms with Gasteiger partial charge in [-0.25, -0.2) is 4.98 Å². The van der Waals surface area contributed by atoms with E-state index in [4.69, 9.17) is 0 Å². The van der Waals surface area contributed by atoms with E-state index in [0.717, 1.165) is 35.9 Å². The summed E-state index contributed by atoms with van der Waals surface area (Å²) in [5.74, 6) is 1.11. The molecular weight excluding hydrogens is 404 g/mol. The maximum Gasteiger partial charge on any atom is 0.238 e. The first kappa shape index (κ1) is 20.4. The van der Waals surface area contributed by atoms with Crippen molar-refractivity contribution >= 4 is 45.7 Å². The van der Waals surface area contributed by atoms with Crippen LogP contribution in [0.4, 0.5) is 10.8 Å². The molecule has 1 fully saturated rings. The van der Waals surface area contributed by atoms with Crippen molar-refractivity contribution in [2.45, 2.75) is 43.4 Å². The summed E-state index contributed by atoms with van der Waals surface area (Å²) in [5, 5.41) is 7.93. The molecule has 0 saturated carbocycles. The van der Waals surface area contributed by atoms with Crippen molar-refractivity contribution in [2.75, 3.05) is 23.7 Å². The maximum atomic E-state index is 12.5. The third-order valence-electron chi connectivity index (χ3n) is 5.21. The Kier molecular flexibility index (Phi) is 6.22. The van der Waals surface area contributed by atoms with Gasteiger partial charge in [-0.05, 0) is 30.4 Å². The molecule has 2 aliphatic heterocycles. The predicted molar refractivity (Wildman–Crippen MR) is 118 cm³/mol. The average Bonchev–Trinajstić information content (AvgIpc) is 3.08. The molecule has 2 amide bonds. The minimum absolute atomic E-state index is 0.126. The molecule has 0 spiro atoms. The quantitative estimate of drug-likeness (QED) is 0.748. The number of amides is 2. The zero-order valence-corrected chi connectivity index (χ0v) is 18.3. The Hall–Kier alpha value is -1.90. The second-order valence-corrected chi connectivity index (χ2v) is 10.2. The Morgan fingerprint density at radius 2 is 2.03 bits per heavy atom. The maximum absolute atomic E-state index is 12.5. The fraction of sp³-hybridized carbons (Fsp3) is 0.476. The molecule has 2 N–H and O–H groups in total. The molecule has 3 atom stereocenters. The highest BCUT2D eigenvalue weighted by Gasteiger charge is 2.29. The van der Waals surface area contributed by atoms with E-state index >= 15 is 0 Å². The van der Waals surface area contributed by atoms with Crippen LogP contribution in [0.25, 0.3) is 0 Å². The Morgan fingerprint density at radius 3 is 2.83 bits per heavy atom. The molecule has 3 heterocycles. The highest BCUT2D eigenvalue weighted by Crippen LogP contribution is 2.36. The lowest BCUT2D eigenvalue weighted by Gasteiger charge is -2.34. The fourth-order valence-corrected chi connectivity index (χ4v) is 5.98. The normalized spacial score (nSPS) is 24.6. The first-order chi connectivity index (χ1) is 14.0. The molecule has 0 unspecified atom stereocenters. The molecule has 0 radical (unpaired) electrons. The van der Waals surface area contributed by atoms with Gasteiger partial charge < -0.3 is 10.6 Å². The van der Waals surface area contributed by atoms with Gasteiger partial charge in [-0.15, -0.1) is 23.1 Å². The van der Waals surface area contributed by atoms with Crippen molar-refractivity contribution in [3.8, 4) is 0 Å². The number of nitrogens with zero attached hydrogens (tertiary/aromatic N) is 2. The van der Waals surface area contributed by atoms with Crippen LogP contribution < -0.4 is 10.6 Å². The van der Waals surface area contributed by atoms with Crippen LogP contribution in [0, 0.1) is 11.8 Å². The number of thiazole rings is 1. The third kappa shape index (κ3) is 5.18. The predicted octanol–water partition coefficient (Wildman–Crippen LogP) is 4.06. The number of anilines is 2. The number of aromatic nitrogens is 1. The van der Waals surface area contributed by atoms with Crippen LogP contribution in [0.15, 0.2) is 34.5 Å². The number of carbonyl (C=O) groups excluding carboxylic acids is 2. The number of carbonyl (C=O) groups is 2. The molecule has 8 heteroatoms. The van der Waals surface area contributed by atoms with Crippen LogP contribution >= 0.6 is 23.1 Å². The van der Waals surface area contributed by atoms with Gasteiger partial charge in [0.2, 0.25) is 11.8 Å².